The highest BCUT2D eigenvalue weighted by Gasteiger charge is 2.19. The van der Waals surface area contributed by atoms with Crippen LogP contribution in [0.5, 0.6) is 0 Å². The Balaban J connectivity index is 1.91. The molecule has 1 heterocycles. The lowest BCUT2D eigenvalue weighted by Crippen LogP contribution is -2.13. The Morgan fingerprint density at radius 1 is 1.53 bits per heavy atom. The first-order valence-corrected chi connectivity index (χ1v) is 6.07. The second-order valence-corrected chi connectivity index (χ2v) is 4.62. The summed E-state index contributed by atoms with van der Waals surface area (Å²) in [4.78, 5) is 0. The van der Waals surface area contributed by atoms with Crippen LogP contribution in [-0.4, -0.2) is 9.78 Å². The van der Waals surface area contributed by atoms with E-state index in [9.17, 15) is 0 Å². The van der Waals surface area contributed by atoms with Crippen molar-refractivity contribution in [2.75, 3.05) is 0 Å². The summed E-state index contributed by atoms with van der Waals surface area (Å²) < 4.78 is 1.95. The molecule has 2 N–H and O–H groups in total. The summed E-state index contributed by atoms with van der Waals surface area (Å²) in [6, 6.07) is 0.188. The highest BCUT2D eigenvalue weighted by atomic mass is 15.3. The summed E-state index contributed by atoms with van der Waals surface area (Å²) in [6.07, 6.45) is 10.7. The lowest BCUT2D eigenvalue weighted by molar-refractivity contribution is 0.450. The zero-order valence-corrected chi connectivity index (χ0v) is 9.52. The molecular formula is C12H21N3. The number of aryl methyl sites for hydroxylation is 1. The molecular weight excluding hydrogens is 186 g/mol. The Kier molecular flexibility index (Phi) is 3.41. The van der Waals surface area contributed by atoms with Gasteiger partial charge < -0.3 is 5.73 Å². The van der Waals surface area contributed by atoms with Gasteiger partial charge in [-0.1, -0.05) is 25.7 Å². The Hall–Kier alpha value is -0.830. The van der Waals surface area contributed by atoms with Crippen LogP contribution in [0.4, 0.5) is 0 Å². The molecule has 0 aliphatic heterocycles. The largest absolute Gasteiger partial charge is 0.324 e. The first-order valence-electron chi connectivity index (χ1n) is 6.07. The molecule has 1 unspecified atom stereocenters. The van der Waals surface area contributed by atoms with Crippen molar-refractivity contribution in [3.8, 4) is 0 Å². The molecule has 3 nitrogen and oxygen atoms in total. The van der Waals surface area contributed by atoms with E-state index in [1.165, 1.54) is 31.2 Å². The predicted molar refractivity (Wildman–Crippen MR) is 61.4 cm³/mol. The van der Waals surface area contributed by atoms with Crippen LogP contribution in [0.25, 0.3) is 0 Å². The molecule has 1 atom stereocenters. The van der Waals surface area contributed by atoms with Gasteiger partial charge in [0.2, 0.25) is 0 Å². The number of nitrogens with two attached hydrogens (primary N) is 1. The van der Waals surface area contributed by atoms with Crippen molar-refractivity contribution in [3.05, 3.63) is 18.0 Å². The lowest BCUT2D eigenvalue weighted by atomic mass is 9.96. The first-order chi connectivity index (χ1) is 7.29. The summed E-state index contributed by atoms with van der Waals surface area (Å²) in [5, 5.41) is 4.27. The Morgan fingerprint density at radius 3 is 2.87 bits per heavy atom. The van der Waals surface area contributed by atoms with Gasteiger partial charge >= 0.3 is 0 Å². The molecule has 1 saturated carbocycles. The number of aromatic nitrogens is 2. The van der Waals surface area contributed by atoms with E-state index in [1.807, 2.05) is 10.9 Å². The molecule has 3 heteroatoms. The van der Waals surface area contributed by atoms with Crippen molar-refractivity contribution in [1.29, 1.82) is 0 Å². The van der Waals surface area contributed by atoms with Crippen molar-refractivity contribution in [3.63, 3.8) is 0 Å². The molecule has 15 heavy (non-hydrogen) atoms. The van der Waals surface area contributed by atoms with Gasteiger partial charge in [-0.2, -0.15) is 5.10 Å². The fourth-order valence-corrected chi connectivity index (χ4v) is 2.49. The van der Waals surface area contributed by atoms with Crippen molar-refractivity contribution in [2.24, 2.45) is 11.7 Å². The van der Waals surface area contributed by atoms with Gasteiger partial charge in [-0.25, -0.2) is 0 Å². The summed E-state index contributed by atoms with van der Waals surface area (Å²) >= 11 is 0. The maximum Gasteiger partial charge on any atom is 0.0537 e. The fourth-order valence-electron chi connectivity index (χ4n) is 2.49. The average molecular weight is 207 g/mol. The van der Waals surface area contributed by atoms with Crippen molar-refractivity contribution < 1.29 is 0 Å². The molecule has 0 radical (unpaired) electrons. The highest BCUT2D eigenvalue weighted by Crippen LogP contribution is 2.31. The molecule has 2 rings (SSSR count). The fraction of sp³-hybridized carbons (Fsp3) is 0.750. The topological polar surface area (TPSA) is 43.8 Å². The standard InChI is InChI=1S/C12H21N3/c1-2-15-9-11(8-14-15)12(13)7-10-5-3-4-6-10/h8-10,12H,2-7,13H2,1H3. The van der Waals surface area contributed by atoms with Crippen LogP contribution < -0.4 is 5.73 Å². The minimum absolute atomic E-state index is 0.188. The van der Waals surface area contributed by atoms with E-state index in [-0.39, 0.29) is 6.04 Å². The van der Waals surface area contributed by atoms with Crippen molar-refractivity contribution in [1.82, 2.24) is 9.78 Å². The Morgan fingerprint density at radius 2 is 2.27 bits per heavy atom. The normalized spacial score (nSPS) is 19.6. The van der Waals surface area contributed by atoms with Gasteiger partial charge in [0.05, 0.1) is 6.20 Å². The first kappa shape index (κ1) is 10.7. The van der Waals surface area contributed by atoms with Gasteiger partial charge in [0.25, 0.3) is 0 Å². The number of hydrogen-bond donors (Lipinski definition) is 1. The van der Waals surface area contributed by atoms with Crippen LogP contribution >= 0.6 is 0 Å². The SMILES string of the molecule is CCn1cc(C(N)CC2CCCC2)cn1. The van der Waals surface area contributed by atoms with Gasteiger partial charge in [-0.3, -0.25) is 4.68 Å². The number of rotatable bonds is 4. The van der Waals surface area contributed by atoms with Crippen molar-refractivity contribution >= 4 is 0 Å². The Labute approximate surface area is 91.7 Å². The maximum atomic E-state index is 6.19. The number of hydrogen-bond acceptors (Lipinski definition) is 2. The lowest BCUT2D eigenvalue weighted by Gasteiger charge is -2.14. The molecule has 1 aliphatic rings. The molecule has 1 aliphatic carbocycles. The van der Waals surface area contributed by atoms with E-state index in [2.05, 4.69) is 18.2 Å². The molecule has 0 saturated heterocycles. The summed E-state index contributed by atoms with van der Waals surface area (Å²) in [7, 11) is 0. The molecule has 0 amide bonds. The zero-order chi connectivity index (χ0) is 10.7. The van der Waals surface area contributed by atoms with Crippen LogP contribution in [0.2, 0.25) is 0 Å². The molecule has 1 aromatic heterocycles. The second kappa shape index (κ2) is 4.79. The van der Waals surface area contributed by atoms with Crippen LogP contribution in [0.1, 0.15) is 50.6 Å². The van der Waals surface area contributed by atoms with Gasteiger partial charge in [0.1, 0.15) is 0 Å². The summed E-state index contributed by atoms with van der Waals surface area (Å²) in [6.45, 7) is 3.02. The number of nitrogens with zero attached hydrogens (tertiary/aromatic N) is 2. The zero-order valence-electron chi connectivity index (χ0n) is 9.52. The third-order valence-corrected chi connectivity index (χ3v) is 3.47. The van der Waals surface area contributed by atoms with Crippen LogP contribution in [-0.2, 0) is 6.54 Å². The summed E-state index contributed by atoms with van der Waals surface area (Å²) in [5.41, 5.74) is 7.39. The second-order valence-electron chi connectivity index (χ2n) is 4.62. The van der Waals surface area contributed by atoms with Crippen molar-refractivity contribution in [2.45, 2.75) is 51.6 Å². The summed E-state index contributed by atoms with van der Waals surface area (Å²) in [5.74, 6) is 0.852. The minimum atomic E-state index is 0.188. The van der Waals surface area contributed by atoms with Gasteiger partial charge in [0, 0.05) is 24.3 Å². The van der Waals surface area contributed by atoms with E-state index >= 15 is 0 Å². The Bertz CT molecular complexity index is 300. The van der Waals surface area contributed by atoms with Crippen LogP contribution in [0, 0.1) is 5.92 Å². The van der Waals surface area contributed by atoms with Gasteiger partial charge in [-0.05, 0) is 19.3 Å². The molecule has 0 spiro atoms. The van der Waals surface area contributed by atoms with E-state index < -0.39 is 0 Å². The highest BCUT2D eigenvalue weighted by molar-refractivity contribution is 5.09. The third kappa shape index (κ3) is 2.59. The molecule has 0 bridgehead atoms. The van der Waals surface area contributed by atoms with Gasteiger partial charge in [0.15, 0.2) is 0 Å². The monoisotopic (exact) mass is 207 g/mol. The molecule has 0 aromatic carbocycles. The van der Waals surface area contributed by atoms with Crippen LogP contribution in [0.3, 0.4) is 0 Å². The quantitative estimate of drug-likeness (QED) is 0.824. The van der Waals surface area contributed by atoms with E-state index in [4.69, 9.17) is 5.73 Å². The molecule has 84 valence electrons. The van der Waals surface area contributed by atoms with Crippen LogP contribution in [0.15, 0.2) is 12.4 Å². The van der Waals surface area contributed by atoms with Gasteiger partial charge in [-0.15, -0.1) is 0 Å². The molecule has 1 fully saturated rings. The molecule has 1 aromatic rings. The third-order valence-electron chi connectivity index (χ3n) is 3.47. The van der Waals surface area contributed by atoms with E-state index in [1.54, 1.807) is 0 Å². The minimum Gasteiger partial charge on any atom is -0.324 e. The average Bonchev–Trinajstić information content (AvgIpc) is 2.86. The van der Waals surface area contributed by atoms with E-state index in [0.717, 1.165) is 18.9 Å². The predicted octanol–water partition coefficient (Wildman–Crippen LogP) is 2.48. The van der Waals surface area contributed by atoms with E-state index in [0.29, 0.717) is 0 Å². The maximum absolute atomic E-state index is 6.19. The smallest absolute Gasteiger partial charge is 0.0537 e.